The van der Waals surface area contributed by atoms with Crippen LogP contribution in [-0.4, -0.2) is 67.9 Å². The van der Waals surface area contributed by atoms with E-state index in [1.807, 2.05) is 38.4 Å². The molecule has 2 aromatic carbocycles. The molecule has 1 aliphatic rings. The van der Waals surface area contributed by atoms with Crippen molar-refractivity contribution in [1.82, 2.24) is 29.3 Å². The van der Waals surface area contributed by atoms with Gasteiger partial charge in [0, 0.05) is 64.0 Å². The normalized spacial score (nSPS) is 17.2. The number of aromatic nitrogens is 4. The third kappa shape index (κ3) is 5.95. The standard InChI is InChI=1S/C28H33N7O/c1-21-31-26-15-24(8-9-27(26)33(21)2)32-28(36)20-35-13-12-34(17-22-6-4-3-5-7-22)18-23(19-35)14-25-16-29-10-11-30-25/h3-11,15-16,23H,12-14,17-20H2,1-2H3,(H,32,36)/t23-/m0/s1. The molecule has 1 amide bonds. The lowest BCUT2D eigenvalue weighted by Gasteiger charge is -2.24. The van der Waals surface area contributed by atoms with Crippen molar-refractivity contribution >= 4 is 22.6 Å². The molecular formula is C28H33N7O. The first-order valence-corrected chi connectivity index (χ1v) is 12.5. The molecule has 1 saturated heterocycles. The van der Waals surface area contributed by atoms with Gasteiger partial charge in [0.2, 0.25) is 5.91 Å². The number of imidazole rings is 1. The maximum absolute atomic E-state index is 13.0. The summed E-state index contributed by atoms with van der Waals surface area (Å²) in [6.45, 7) is 6.80. The summed E-state index contributed by atoms with van der Waals surface area (Å²) in [5, 5.41) is 3.08. The molecule has 0 unspecified atom stereocenters. The molecular weight excluding hydrogens is 450 g/mol. The molecule has 1 aliphatic heterocycles. The van der Waals surface area contributed by atoms with Gasteiger partial charge in [0.05, 0.1) is 23.3 Å². The van der Waals surface area contributed by atoms with E-state index in [9.17, 15) is 4.79 Å². The number of amides is 1. The Balaban J connectivity index is 1.26. The predicted molar refractivity (Wildman–Crippen MR) is 141 cm³/mol. The molecule has 2 aromatic heterocycles. The first kappa shape index (κ1) is 24.1. The van der Waals surface area contributed by atoms with Crippen LogP contribution in [-0.2, 0) is 24.8 Å². The van der Waals surface area contributed by atoms with Crippen molar-refractivity contribution < 1.29 is 4.79 Å². The lowest BCUT2D eigenvalue weighted by Crippen LogP contribution is -2.37. The van der Waals surface area contributed by atoms with E-state index in [0.29, 0.717) is 12.5 Å². The fraction of sp³-hybridized carbons (Fsp3) is 0.357. The fourth-order valence-corrected chi connectivity index (χ4v) is 5.04. The van der Waals surface area contributed by atoms with Gasteiger partial charge in [0.1, 0.15) is 5.82 Å². The molecule has 1 N–H and O–H groups in total. The molecule has 0 radical (unpaired) electrons. The van der Waals surface area contributed by atoms with Crippen LogP contribution >= 0.6 is 0 Å². The lowest BCUT2D eigenvalue weighted by atomic mass is 10.0. The number of rotatable bonds is 7. The first-order chi connectivity index (χ1) is 17.5. The minimum atomic E-state index is -0.00300. The Bertz CT molecular complexity index is 1310. The van der Waals surface area contributed by atoms with Crippen LogP contribution in [0.3, 0.4) is 0 Å². The van der Waals surface area contributed by atoms with Gasteiger partial charge in [0.25, 0.3) is 0 Å². The zero-order valence-corrected chi connectivity index (χ0v) is 21.0. The summed E-state index contributed by atoms with van der Waals surface area (Å²) in [7, 11) is 2.00. The number of carbonyl (C=O) groups is 1. The van der Waals surface area contributed by atoms with Gasteiger partial charge in [-0.05, 0) is 43.0 Å². The Morgan fingerprint density at radius 2 is 1.86 bits per heavy atom. The molecule has 36 heavy (non-hydrogen) atoms. The van der Waals surface area contributed by atoms with Crippen molar-refractivity contribution in [3.63, 3.8) is 0 Å². The van der Waals surface area contributed by atoms with Gasteiger partial charge >= 0.3 is 0 Å². The molecule has 8 nitrogen and oxygen atoms in total. The zero-order chi connectivity index (χ0) is 24.9. The van der Waals surface area contributed by atoms with E-state index < -0.39 is 0 Å². The summed E-state index contributed by atoms with van der Waals surface area (Å²) < 4.78 is 2.05. The summed E-state index contributed by atoms with van der Waals surface area (Å²) in [5.74, 6) is 1.30. The molecule has 8 heteroatoms. The minimum Gasteiger partial charge on any atom is -0.331 e. The van der Waals surface area contributed by atoms with Crippen LogP contribution in [0, 0.1) is 12.8 Å². The summed E-state index contributed by atoms with van der Waals surface area (Å²) in [5.41, 5.74) is 5.03. The summed E-state index contributed by atoms with van der Waals surface area (Å²) in [4.78, 5) is 31.1. The fourth-order valence-electron chi connectivity index (χ4n) is 5.04. The highest BCUT2D eigenvalue weighted by atomic mass is 16.2. The van der Waals surface area contributed by atoms with Crippen LogP contribution in [0.15, 0.2) is 67.1 Å². The van der Waals surface area contributed by atoms with Crippen LogP contribution < -0.4 is 5.32 Å². The second kappa shape index (κ2) is 11.0. The smallest absolute Gasteiger partial charge is 0.238 e. The highest BCUT2D eigenvalue weighted by molar-refractivity contribution is 5.94. The largest absolute Gasteiger partial charge is 0.331 e. The number of anilines is 1. The maximum Gasteiger partial charge on any atom is 0.238 e. The van der Waals surface area contributed by atoms with Gasteiger partial charge in [-0.25, -0.2) is 4.98 Å². The molecule has 1 atom stereocenters. The first-order valence-electron chi connectivity index (χ1n) is 12.5. The zero-order valence-electron chi connectivity index (χ0n) is 21.0. The van der Waals surface area contributed by atoms with E-state index in [4.69, 9.17) is 0 Å². The third-order valence-corrected chi connectivity index (χ3v) is 6.88. The molecule has 0 spiro atoms. The summed E-state index contributed by atoms with van der Waals surface area (Å²) in [6, 6.07) is 16.5. The topological polar surface area (TPSA) is 79.2 Å². The molecule has 3 heterocycles. The molecule has 5 rings (SSSR count). The van der Waals surface area contributed by atoms with Crippen molar-refractivity contribution in [2.45, 2.75) is 19.9 Å². The molecule has 0 saturated carbocycles. The summed E-state index contributed by atoms with van der Waals surface area (Å²) in [6.07, 6.45) is 6.14. The molecule has 1 fully saturated rings. The van der Waals surface area contributed by atoms with Crippen LogP contribution in [0.25, 0.3) is 11.0 Å². The van der Waals surface area contributed by atoms with Gasteiger partial charge < -0.3 is 9.88 Å². The number of hydrogen-bond acceptors (Lipinski definition) is 6. The highest BCUT2D eigenvalue weighted by Crippen LogP contribution is 2.20. The summed E-state index contributed by atoms with van der Waals surface area (Å²) >= 11 is 0. The quantitative estimate of drug-likeness (QED) is 0.435. The third-order valence-electron chi connectivity index (χ3n) is 6.88. The predicted octanol–water partition coefficient (Wildman–Crippen LogP) is 3.29. The molecule has 0 bridgehead atoms. The monoisotopic (exact) mass is 483 g/mol. The van der Waals surface area contributed by atoms with Crippen LogP contribution in [0.5, 0.6) is 0 Å². The van der Waals surface area contributed by atoms with Gasteiger partial charge in [0.15, 0.2) is 0 Å². The van der Waals surface area contributed by atoms with Crippen LogP contribution in [0.4, 0.5) is 5.69 Å². The number of aryl methyl sites for hydroxylation is 2. The number of carbonyl (C=O) groups excluding carboxylic acids is 1. The number of nitrogens with zero attached hydrogens (tertiary/aromatic N) is 6. The average molecular weight is 484 g/mol. The Kier molecular flexibility index (Phi) is 7.34. The maximum atomic E-state index is 13.0. The van der Waals surface area contributed by atoms with Gasteiger partial charge in [-0.3, -0.25) is 24.6 Å². The number of nitrogens with one attached hydrogen (secondary N) is 1. The molecule has 186 valence electrons. The number of benzene rings is 2. The minimum absolute atomic E-state index is 0.00300. The number of hydrogen-bond donors (Lipinski definition) is 1. The van der Waals surface area contributed by atoms with E-state index in [-0.39, 0.29) is 5.91 Å². The highest BCUT2D eigenvalue weighted by Gasteiger charge is 2.25. The van der Waals surface area contributed by atoms with Crippen molar-refractivity contribution in [3.8, 4) is 0 Å². The molecule has 4 aromatic rings. The van der Waals surface area contributed by atoms with E-state index >= 15 is 0 Å². The van der Waals surface area contributed by atoms with Crippen molar-refractivity contribution in [3.05, 3.63) is 84.2 Å². The second-order valence-electron chi connectivity index (χ2n) is 9.69. The second-order valence-corrected chi connectivity index (χ2v) is 9.69. The Hall–Kier alpha value is -3.62. The lowest BCUT2D eigenvalue weighted by molar-refractivity contribution is -0.117. The SMILES string of the molecule is Cc1nc2cc(NC(=O)CN3CCN(Cc4ccccc4)C[C@H](Cc4cnccn4)C3)ccc2n1C. The van der Waals surface area contributed by atoms with E-state index in [1.165, 1.54) is 5.56 Å². The Morgan fingerprint density at radius 3 is 2.67 bits per heavy atom. The van der Waals surface area contributed by atoms with Crippen LogP contribution in [0.2, 0.25) is 0 Å². The number of fused-ring (bicyclic) bond motifs is 1. The van der Waals surface area contributed by atoms with Crippen molar-refractivity contribution in [2.75, 3.05) is 38.0 Å². The van der Waals surface area contributed by atoms with E-state index in [0.717, 1.165) is 67.4 Å². The van der Waals surface area contributed by atoms with Crippen molar-refractivity contribution in [1.29, 1.82) is 0 Å². The van der Waals surface area contributed by atoms with Gasteiger partial charge in [-0.15, -0.1) is 0 Å². The Labute approximate surface area is 212 Å². The molecule has 0 aliphatic carbocycles. The van der Waals surface area contributed by atoms with Crippen LogP contribution in [0.1, 0.15) is 17.1 Å². The van der Waals surface area contributed by atoms with Crippen molar-refractivity contribution in [2.24, 2.45) is 13.0 Å². The Morgan fingerprint density at radius 1 is 1.06 bits per heavy atom. The average Bonchev–Trinajstić information content (AvgIpc) is 3.03. The van der Waals surface area contributed by atoms with E-state index in [2.05, 4.69) is 65.0 Å². The van der Waals surface area contributed by atoms with Gasteiger partial charge in [-0.1, -0.05) is 30.3 Å². The van der Waals surface area contributed by atoms with Gasteiger partial charge in [-0.2, -0.15) is 0 Å². The van der Waals surface area contributed by atoms with E-state index in [1.54, 1.807) is 12.4 Å².